The zero-order valence-corrected chi connectivity index (χ0v) is 9.39. The molecule has 0 spiro atoms. The Bertz CT molecular complexity index is 693. The fourth-order valence-corrected chi connectivity index (χ4v) is 1.77. The van der Waals surface area contributed by atoms with E-state index in [4.69, 9.17) is 11.6 Å². The molecule has 0 aliphatic carbocycles. The van der Waals surface area contributed by atoms with Crippen molar-refractivity contribution in [2.24, 2.45) is 0 Å². The third kappa shape index (κ3) is 1.76. The summed E-state index contributed by atoms with van der Waals surface area (Å²) in [6.07, 6.45) is 1.63. The molecular formula is C12H7ClFN3. The van der Waals surface area contributed by atoms with Gasteiger partial charge in [-0.2, -0.15) is 0 Å². The first kappa shape index (κ1) is 10.2. The predicted molar refractivity (Wildman–Crippen MR) is 63.4 cm³/mol. The summed E-state index contributed by atoms with van der Waals surface area (Å²) in [5.41, 5.74) is 1.01. The lowest BCUT2D eigenvalue weighted by atomic mass is 10.2. The second-order valence-electron chi connectivity index (χ2n) is 3.57. The molecule has 0 saturated carbocycles. The van der Waals surface area contributed by atoms with Crippen LogP contribution in [0.1, 0.15) is 0 Å². The van der Waals surface area contributed by atoms with E-state index in [9.17, 15) is 4.39 Å². The highest BCUT2D eigenvalue weighted by molar-refractivity contribution is 6.30. The Hall–Kier alpha value is -1.94. The minimum absolute atomic E-state index is 0.338. The first-order valence-corrected chi connectivity index (χ1v) is 5.39. The molecule has 0 aliphatic rings. The molecule has 1 aromatic carbocycles. The van der Waals surface area contributed by atoms with Gasteiger partial charge < -0.3 is 0 Å². The number of hydrogen-bond donors (Lipinski definition) is 0. The second-order valence-corrected chi connectivity index (χ2v) is 4.00. The Kier molecular flexibility index (Phi) is 2.30. The summed E-state index contributed by atoms with van der Waals surface area (Å²) in [5, 5.41) is 4.74. The Labute approximate surface area is 101 Å². The van der Waals surface area contributed by atoms with Crippen molar-refractivity contribution in [1.29, 1.82) is 0 Å². The summed E-state index contributed by atoms with van der Waals surface area (Å²) >= 11 is 5.84. The van der Waals surface area contributed by atoms with Crippen LogP contribution in [0.2, 0.25) is 5.02 Å². The van der Waals surface area contributed by atoms with Crippen LogP contribution in [-0.2, 0) is 0 Å². The van der Waals surface area contributed by atoms with Crippen molar-refractivity contribution in [2.45, 2.75) is 0 Å². The van der Waals surface area contributed by atoms with Gasteiger partial charge in [0.05, 0.1) is 10.6 Å². The first-order valence-electron chi connectivity index (χ1n) is 5.01. The lowest BCUT2D eigenvalue weighted by Crippen LogP contribution is -1.88. The van der Waals surface area contributed by atoms with Crippen LogP contribution in [0.4, 0.5) is 4.39 Å². The number of pyridine rings is 1. The summed E-state index contributed by atoms with van der Waals surface area (Å²) in [5.74, 6) is 0.0138. The molecule has 2 aromatic heterocycles. The molecule has 3 aromatic rings. The van der Waals surface area contributed by atoms with E-state index < -0.39 is 0 Å². The van der Waals surface area contributed by atoms with E-state index in [0.717, 1.165) is 0 Å². The minimum Gasteiger partial charge on any atom is -0.219 e. The third-order valence-electron chi connectivity index (χ3n) is 2.41. The maximum Gasteiger partial charge on any atom is 0.185 e. The maximum atomic E-state index is 13.6. The Morgan fingerprint density at radius 3 is 2.76 bits per heavy atom. The number of halogens is 2. The number of rotatable bonds is 1. The van der Waals surface area contributed by atoms with Crippen molar-refractivity contribution in [1.82, 2.24) is 14.6 Å². The molecule has 3 rings (SSSR count). The van der Waals surface area contributed by atoms with Gasteiger partial charge in [0, 0.05) is 6.20 Å². The van der Waals surface area contributed by atoms with E-state index in [1.54, 1.807) is 36.5 Å². The van der Waals surface area contributed by atoms with E-state index in [1.807, 2.05) is 0 Å². The van der Waals surface area contributed by atoms with E-state index >= 15 is 0 Å². The number of nitrogens with zero attached hydrogens (tertiary/aromatic N) is 3. The lowest BCUT2D eigenvalue weighted by molar-refractivity contribution is 0.630. The van der Waals surface area contributed by atoms with Gasteiger partial charge in [0.15, 0.2) is 11.5 Å². The Morgan fingerprint density at radius 1 is 1.12 bits per heavy atom. The molecule has 5 heteroatoms. The molecule has 3 nitrogen and oxygen atoms in total. The van der Waals surface area contributed by atoms with Gasteiger partial charge >= 0.3 is 0 Å². The standard InChI is InChI=1S/C12H7ClFN3/c13-8-5-6-11-15-12(16-17(11)7-8)9-3-1-2-4-10(9)14/h1-7H. The Morgan fingerprint density at radius 2 is 1.94 bits per heavy atom. The summed E-state index contributed by atoms with van der Waals surface area (Å²) in [4.78, 5) is 4.24. The van der Waals surface area contributed by atoms with Gasteiger partial charge in [-0.15, -0.1) is 5.10 Å². The highest BCUT2D eigenvalue weighted by atomic mass is 35.5. The van der Waals surface area contributed by atoms with Gasteiger partial charge in [-0.05, 0) is 24.3 Å². The molecule has 0 radical (unpaired) electrons. The Balaban J connectivity index is 2.22. The smallest absolute Gasteiger partial charge is 0.185 e. The number of hydrogen-bond acceptors (Lipinski definition) is 2. The van der Waals surface area contributed by atoms with Gasteiger partial charge in [0.1, 0.15) is 5.82 Å². The molecule has 0 fully saturated rings. The van der Waals surface area contributed by atoms with Crippen LogP contribution in [0.3, 0.4) is 0 Å². The van der Waals surface area contributed by atoms with Gasteiger partial charge in [-0.25, -0.2) is 13.9 Å². The average Bonchev–Trinajstić information content (AvgIpc) is 2.72. The summed E-state index contributed by atoms with van der Waals surface area (Å²) in [6.45, 7) is 0. The molecule has 84 valence electrons. The molecule has 0 N–H and O–H groups in total. The summed E-state index contributed by atoms with van der Waals surface area (Å²) < 4.78 is 15.1. The second kappa shape index (κ2) is 3.82. The van der Waals surface area contributed by atoms with E-state index in [-0.39, 0.29) is 5.82 Å². The number of aromatic nitrogens is 3. The molecule has 2 heterocycles. The first-order chi connectivity index (χ1) is 8.24. The van der Waals surface area contributed by atoms with Crippen LogP contribution in [0.15, 0.2) is 42.6 Å². The fraction of sp³-hybridized carbons (Fsp3) is 0. The predicted octanol–water partition coefficient (Wildman–Crippen LogP) is 3.19. The van der Waals surface area contributed by atoms with Crippen molar-refractivity contribution < 1.29 is 4.39 Å². The zero-order valence-electron chi connectivity index (χ0n) is 8.64. The molecular weight excluding hydrogens is 241 g/mol. The largest absolute Gasteiger partial charge is 0.219 e. The van der Waals surface area contributed by atoms with Crippen LogP contribution in [0.5, 0.6) is 0 Å². The number of fused-ring (bicyclic) bond motifs is 1. The van der Waals surface area contributed by atoms with Crippen molar-refractivity contribution in [2.75, 3.05) is 0 Å². The molecule has 0 atom stereocenters. The van der Waals surface area contributed by atoms with Crippen molar-refractivity contribution >= 4 is 17.2 Å². The number of benzene rings is 1. The molecule has 0 aliphatic heterocycles. The van der Waals surface area contributed by atoms with Crippen LogP contribution in [0.25, 0.3) is 17.0 Å². The summed E-state index contributed by atoms with van der Waals surface area (Å²) in [7, 11) is 0. The monoisotopic (exact) mass is 247 g/mol. The van der Waals surface area contributed by atoms with Crippen LogP contribution in [-0.4, -0.2) is 14.6 Å². The molecule has 0 unspecified atom stereocenters. The molecule has 0 saturated heterocycles. The maximum absolute atomic E-state index is 13.6. The van der Waals surface area contributed by atoms with Gasteiger partial charge in [-0.1, -0.05) is 23.7 Å². The van der Waals surface area contributed by atoms with Crippen molar-refractivity contribution in [3.05, 3.63) is 53.4 Å². The highest BCUT2D eigenvalue weighted by Crippen LogP contribution is 2.20. The molecule has 0 amide bonds. The van der Waals surface area contributed by atoms with Crippen LogP contribution in [0, 0.1) is 5.82 Å². The van der Waals surface area contributed by atoms with E-state index in [0.29, 0.717) is 22.1 Å². The van der Waals surface area contributed by atoms with E-state index in [1.165, 1.54) is 10.6 Å². The lowest BCUT2D eigenvalue weighted by Gasteiger charge is -1.95. The quantitative estimate of drug-likeness (QED) is 0.661. The third-order valence-corrected chi connectivity index (χ3v) is 2.63. The average molecular weight is 248 g/mol. The van der Waals surface area contributed by atoms with Gasteiger partial charge in [-0.3, -0.25) is 0 Å². The minimum atomic E-state index is -0.338. The zero-order chi connectivity index (χ0) is 11.8. The van der Waals surface area contributed by atoms with Crippen molar-refractivity contribution in [3.63, 3.8) is 0 Å². The summed E-state index contributed by atoms with van der Waals surface area (Å²) in [6, 6.07) is 9.86. The van der Waals surface area contributed by atoms with Gasteiger partial charge in [0.25, 0.3) is 0 Å². The van der Waals surface area contributed by atoms with Gasteiger partial charge in [0.2, 0.25) is 0 Å². The fourth-order valence-electron chi connectivity index (χ4n) is 1.61. The van der Waals surface area contributed by atoms with Crippen LogP contribution < -0.4 is 0 Å². The van der Waals surface area contributed by atoms with Crippen LogP contribution >= 0.6 is 11.6 Å². The van der Waals surface area contributed by atoms with E-state index in [2.05, 4.69) is 10.1 Å². The SMILES string of the molecule is Fc1ccccc1-c1nc2ccc(Cl)cn2n1. The normalized spacial score (nSPS) is 10.9. The highest BCUT2D eigenvalue weighted by Gasteiger charge is 2.10. The van der Waals surface area contributed by atoms with Crippen molar-refractivity contribution in [3.8, 4) is 11.4 Å². The molecule has 0 bridgehead atoms. The topological polar surface area (TPSA) is 30.2 Å². The molecule has 17 heavy (non-hydrogen) atoms.